The minimum atomic E-state index is -0.585. The number of rotatable bonds is 10. The molecule has 0 fully saturated rings. The topological polar surface area (TPSA) is 152 Å². The molecule has 0 saturated heterocycles. The van der Waals surface area contributed by atoms with E-state index in [1.807, 2.05) is 0 Å². The van der Waals surface area contributed by atoms with Crippen LogP contribution in [0.15, 0.2) is 36.4 Å². The second-order valence-corrected chi connectivity index (χ2v) is 6.62. The van der Waals surface area contributed by atoms with Crippen molar-refractivity contribution in [3.8, 4) is 11.5 Å². The number of methoxy groups -OCH3 is 2. The predicted molar refractivity (Wildman–Crippen MR) is 120 cm³/mol. The molecule has 0 aliphatic rings. The zero-order valence-corrected chi connectivity index (χ0v) is 18.3. The Bertz CT molecular complexity index is 1070. The van der Waals surface area contributed by atoms with E-state index >= 15 is 0 Å². The molecule has 0 bridgehead atoms. The predicted octanol–water partition coefficient (Wildman–Crippen LogP) is 0.959. The third-order valence-corrected chi connectivity index (χ3v) is 4.25. The lowest BCUT2D eigenvalue weighted by molar-refractivity contribution is -0.115. The molecule has 0 unspecified atom stereocenters. The van der Waals surface area contributed by atoms with Gasteiger partial charge in [0.25, 0.3) is 11.8 Å². The number of ether oxygens (including phenoxy) is 2. The van der Waals surface area contributed by atoms with Crippen molar-refractivity contribution >= 4 is 41.3 Å². The van der Waals surface area contributed by atoms with Crippen LogP contribution in [0, 0.1) is 0 Å². The average Bonchev–Trinajstić information content (AvgIpc) is 2.80. The minimum absolute atomic E-state index is 0.126. The summed E-state index contributed by atoms with van der Waals surface area (Å²) in [6.07, 6.45) is 0.541. The molecular formula is C22H24N4O7. The quantitative estimate of drug-likeness (QED) is 0.389. The van der Waals surface area contributed by atoms with Crippen molar-refractivity contribution in [1.29, 1.82) is 0 Å². The number of anilines is 2. The molecule has 0 radical (unpaired) electrons. The van der Waals surface area contributed by atoms with Gasteiger partial charge in [0.2, 0.25) is 11.8 Å². The summed E-state index contributed by atoms with van der Waals surface area (Å²) < 4.78 is 10.3. The van der Waals surface area contributed by atoms with Crippen LogP contribution >= 0.6 is 0 Å². The van der Waals surface area contributed by atoms with Gasteiger partial charge in [-0.3, -0.25) is 19.2 Å². The first-order valence-corrected chi connectivity index (χ1v) is 9.72. The third kappa shape index (κ3) is 7.06. The van der Waals surface area contributed by atoms with Crippen molar-refractivity contribution in [2.45, 2.75) is 6.92 Å². The highest BCUT2D eigenvalue weighted by molar-refractivity contribution is 6.03. The van der Waals surface area contributed by atoms with E-state index in [9.17, 15) is 24.0 Å². The standard InChI is InChI=1S/C22H24N4O7/c1-13(28)25-14-4-6-19(33-3)17(10-14)22(31)24-12-20(29)26-15-5-7-18(32-2)16(11-15)21(30)23-8-9-27/h4-7,9-11H,8,12H2,1-3H3,(H,23,30)(H,24,31)(H,25,28)(H,26,29). The fourth-order valence-corrected chi connectivity index (χ4v) is 2.82. The molecule has 0 aliphatic carbocycles. The Morgan fingerprint density at radius 3 is 1.82 bits per heavy atom. The molecule has 2 aromatic carbocycles. The number of benzene rings is 2. The lowest BCUT2D eigenvalue weighted by atomic mass is 10.1. The van der Waals surface area contributed by atoms with Crippen LogP contribution in [0.5, 0.6) is 11.5 Å². The summed E-state index contributed by atoms with van der Waals surface area (Å²) in [5.74, 6) is -1.46. The summed E-state index contributed by atoms with van der Waals surface area (Å²) in [5, 5.41) is 10.0. The molecule has 11 nitrogen and oxygen atoms in total. The lowest BCUT2D eigenvalue weighted by Crippen LogP contribution is -2.33. The Hall–Kier alpha value is -4.41. The smallest absolute Gasteiger partial charge is 0.255 e. The molecule has 0 heterocycles. The fourth-order valence-electron chi connectivity index (χ4n) is 2.82. The van der Waals surface area contributed by atoms with Crippen LogP contribution in [-0.2, 0) is 14.4 Å². The molecule has 174 valence electrons. The van der Waals surface area contributed by atoms with Gasteiger partial charge in [-0.25, -0.2) is 0 Å². The van der Waals surface area contributed by atoms with Gasteiger partial charge in [-0.05, 0) is 36.4 Å². The Morgan fingerprint density at radius 2 is 1.33 bits per heavy atom. The van der Waals surface area contributed by atoms with Crippen LogP contribution in [0.2, 0.25) is 0 Å². The number of carbonyl (C=O) groups is 5. The van der Waals surface area contributed by atoms with Gasteiger partial charge < -0.3 is 35.5 Å². The van der Waals surface area contributed by atoms with E-state index in [-0.39, 0.29) is 47.3 Å². The first-order chi connectivity index (χ1) is 15.8. The van der Waals surface area contributed by atoms with Crippen molar-refractivity contribution in [2.24, 2.45) is 0 Å². The number of aldehydes is 1. The van der Waals surface area contributed by atoms with Crippen molar-refractivity contribution < 1.29 is 33.4 Å². The van der Waals surface area contributed by atoms with Crippen LogP contribution in [0.4, 0.5) is 11.4 Å². The average molecular weight is 456 g/mol. The molecule has 0 atom stereocenters. The SMILES string of the molecule is COc1ccc(NC(=O)CNC(=O)c2cc(NC(C)=O)ccc2OC)cc1C(=O)NCC=O. The van der Waals surface area contributed by atoms with Crippen LogP contribution in [0.3, 0.4) is 0 Å². The highest BCUT2D eigenvalue weighted by atomic mass is 16.5. The van der Waals surface area contributed by atoms with Gasteiger partial charge >= 0.3 is 0 Å². The first kappa shape index (κ1) is 24.9. The summed E-state index contributed by atoms with van der Waals surface area (Å²) >= 11 is 0. The van der Waals surface area contributed by atoms with Crippen molar-refractivity contribution in [1.82, 2.24) is 10.6 Å². The molecular weight excluding hydrogens is 432 g/mol. The Kier molecular flexibility index (Phi) is 8.92. The van der Waals surface area contributed by atoms with Gasteiger partial charge in [-0.1, -0.05) is 0 Å². The number of hydrogen-bond acceptors (Lipinski definition) is 7. The molecule has 4 amide bonds. The second-order valence-electron chi connectivity index (χ2n) is 6.62. The number of nitrogens with one attached hydrogen (secondary N) is 4. The van der Waals surface area contributed by atoms with E-state index < -0.39 is 17.7 Å². The van der Waals surface area contributed by atoms with Crippen LogP contribution in [0.1, 0.15) is 27.6 Å². The zero-order valence-electron chi connectivity index (χ0n) is 18.3. The molecule has 11 heteroatoms. The molecule has 0 aliphatic heterocycles. The molecule has 0 spiro atoms. The molecule has 0 saturated carbocycles. The lowest BCUT2D eigenvalue weighted by Gasteiger charge is -2.13. The highest BCUT2D eigenvalue weighted by Crippen LogP contribution is 2.24. The fraction of sp³-hybridized carbons (Fsp3) is 0.227. The van der Waals surface area contributed by atoms with Gasteiger partial charge in [-0.15, -0.1) is 0 Å². The van der Waals surface area contributed by atoms with Gasteiger partial charge in [0.05, 0.1) is 38.4 Å². The Labute approximate surface area is 189 Å². The summed E-state index contributed by atoms with van der Waals surface area (Å²) in [5.41, 5.74) is 0.948. The number of hydrogen-bond donors (Lipinski definition) is 4. The molecule has 0 aromatic heterocycles. The number of carbonyl (C=O) groups excluding carboxylic acids is 5. The van der Waals surface area contributed by atoms with Crippen molar-refractivity contribution in [3.63, 3.8) is 0 Å². The molecule has 4 N–H and O–H groups in total. The van der Waals surface area contributed by atoms with Gasteiger partial charge in [0.15, 0.2) is 0 Å². The van der Waals surface area contributed by atoms with E-state index in [1.54, 1.807) is 6.07 Å². The van der Waals surface area contributed by atoms with Crippen molar-refractivity contribution in [2.75, 3.05) is 37.9 Å². The molecule has 2 rings (SSSR count). The number of amides is 4. The van der Waals surface area contributed by atoms with Crippen LogP contribution in [-0.4, -0.2) is 57.2 Å². The van der Waals surface area contributed by atoms with E-state index in [2.05, 4.69) is 21.3 Å². The van der Waals surface area contributed by atoms with Crippen LogP contribution in [0.25, 0.3) is 0 Å². The maximum atomic E-state index is 12.6. The summed E-state index contributed by atoms with van der Waals surface area (Å²) in [7, 11) is 2.78. The van der Waals surface area contributed by atoms with Gasteiger partial charge in [-0.2, -0.15) is 0 Å². The van der Waals surface area contributed by atoms with E-state index in [1.165, 1.54) is 51.5 Å². The monoisotopic (exact) mass is 456 g/mol. The maximum Gasteiger partial charge on any atom is 0.255 e. The minimum Gasteiger partial charge on any atom is -0.496 e. The van der Waals surface area contributed by atoms with Gasteiger partial charge in [0.1, 0.15) is 17.8 Å². The summed E-state index contributed by atoms with van der Waals surface area (Å²) in [6, 6.07) is 8.93. The summed E-state index contributed by atoms with van der Waals surface area (Å²) in [4.78, 5) is 58.8. The van der Waals surface area contributed by atoms with Crippen molar-refractivity contribution in [3.05, 3.63) is 47.5 Å². The molecule has 33 heavy (non-hydrogen) atoms. The normalized spacial score (nSPS) is 9.91. The van der Waals surface area contributed by atoms with E-state index in [0.29, 0.717) is 12.0 Å². The maximum absolute atomic E-state index is 12.6. The Morgan fingerprint density at radius 1 is 0.818 bits per heavy atom. The largest absolute Gasteiger partial charge is 0.496 e. The first-order valence-electron chi connectivity index (χ1n) is 9.72. The third-order valence-electron chi connectivity index (χ3n) is 4.25. The van der Waals surface area contributed by atoms with Gasteiger partial charge in [0, 0.05) is 18.3 Å². The zero-order chi connectivity index (χ0) is 24.4. The Balaban J connectivity index is 2.07. The molecule has 2 aromatic rings. The second kappa shape index (κ2) is 11.8. The van der Waals surface area contributed by atoms with E-state index in [0.717, 1.165) is 0 Å². The highest BCUT2D eigenvalue weighted by Gasteiger charge is 2.16. The summed E-state index contributed by atoms with van der Waals surface area (Å²) in [6.45, 7) is 0.799. The van der Waals surface area contributed by atoms with E-state index in [4.69, 9.17) is 9.47 Å². The van der Waals surface area contributed by atoms with Crippen LogP contribution < -0.4 is 30.7 Å².